The monoisotopic (exact) mass is 694 g/mol. The number of fused-ring (bicyclic) bond motifs is 5. The van der Waals surface area contributed by atoms with Crippen LogP contribution in [0.3, 0.4) is 0 Å². The van der Waals surface area contributed by atoms with Crippen LogP contribution in [0.25, 0.3) is 10.9 Å². The van der Waals surface area contributed by atoms with Gasteiger partial charge in [0.2, 0.25) is 5.56 Å². The first-order valence-corrected chi connectivity index (χ1v) is 18.1. The van der Waals surface area contributed by atoms with E-state index in [2.05, 4.69) is 20.5 Å². The average molecular weight is 695 g/mol. The number of aromatic hydroxyl groups is 1. The molecule has 3 fully saturated rings. The number of phenolic OH excluding ortho intramolecular Hbond substituents is 1. The highest BCUT2D eigenvalue weighted by Gasteiger charge is 2.50. The largest absolute Gasteiger partial charge is 0.506 e. The van der Waals surface area contributed by atoms with Crippen molar-refractivity contribution in [3.05, 3.63) is 105 Å². The standard InChI is InChI=1S/C40H46N4O7/c45-33-13-11-30(31-12-14-36(47)42-37(31)33)34(46)24-41-19-4-1-5-22-50-29-9-6-8-28(23-29)38(48)43-40(18-15-26-7-2-3-10-32(26)40)39(49)51-35-25-44-20-16-27(35)17-21-44/h2-3,6-14,23,27,34-35,41,45-46H,1,4-5,15-22,24-25H2,(H,42,47)(H,43,48)/t34-,35-,40?/m0/s1. The predicted octanol–water partition coefficient (Wildman–Crippen LogP) is 4.31. The molecule has 0 radical (unpaired) electrons. The highest BCUT2D eigenvalue weighted by Crippen LogP contribution is 2.40. The molecule has 11 heteroatoms. The van der Waals surface area contributed by atoms with E-state index in [4.69, 9.17) is 9.47 Å². The van der Waals surface area contributed by atoms with Gasteiger partial charge in [-0.2, -0.15) is 0 Å². The summed E-state index contributed by atoms with van der Waals surface area (Å²) in [4.78, 5) is 44.4. The van der Waals surface area contributed by atoms with E-state index in [0.29, 0.717) is 66.2 Å². The van der Waals surface area contributed by atoms with Crippen LogP contribution in [0.1, 0.15) is 71.7 Å². The Morgan fingerprint density at radius 3 is 2.67 bits per heavy atom. The number of phenols is 1. The number of unbranched alkanes of at least 4 members (excludes halogenated alkanes) is 2. The quantitative estimate of drug-likeness (QED) is 0.0960. The van der Waals surface area contributed by atoms with Gasteiger partial charge in [0.05, 0.1) is 18.2 Å². The number of H-pyrrole nitrogens is 1. The number of aliphatic hydroxyl groups excluding tert-OH is 1. The van der Waals surface area contributed by atoms with Gasteiger partial charge < -0.3 is 35.3 Å². The van der Waals surface area contributed by atoms with Gasteiger partial charge in [-0.25, -0.2) is 4.79 Å². The summed E-state index contributed by atoms with van der Waals surface area (Å²) in [5.41, 5.74) is 1.67. The lowest BCUT2D eigenvalue weighted by Crippen LogP contribution is -2.56. The smallest absolute Gasteiger partial charge is 0.336 e. The van der Waals surface area contributed by atoms with Crippen molar-refractivity contribution in [3.63, 3.8) is 0 Å². The predicted molar refractivity (Wildman–Crippen MR) is 193 cm³/mol. The van der Waals surface area contributed by atoms with E-state index >= 15 is 0 Å². The normalized spacial score (nSPS) is 22.7. The minimum absolute atomic E-state index is 0.0379. The lowest BCUT2D eigenvalue weighted by molar-refractivity contribution is -0.167. The number of aliphatic hydroxyl groups is 1. The van der Waals surface area contributed by atoms with Gasteiger partial charge in [0.25, 0.3) is 5.91 Å². The third kappa shape index (κ3) is 7.51. The summed E-state index contributed by atoms with van der Waals surface area (Å²) in [6.45, 7) is 4.37. The first kappa shape index (κ1) is 34.7. The van der Waals surface area contributed by atoms with Crippen molar-refractivity contribution < 1.29 is 29.3 Å². The number of piperidine rings is 3. The minimum Gasteiger partial charge on any atom is -0.506 e. The molecule has 0 spiro atoms. The van der Waals surface area contributed by atoms with Crippen molar-refractivity contribution in [2.75, 3.05) is 39.3 Å². The van der Waals surface area contributed by atoms with E-state index < -0.39 is 11.6 Å². The molecule has 4 aromatic rings. The van der Waals surface area contributed by atoms with Gasteiger partial charge >= 0.3 is 5.97 Å². The Labute approximate surface area is 297 Å². The summed E-state index contributed by atoms with van der Waals surface area (Å²) in [5.74, 6) is 0.201. The maximum Gasteiger partial charge on any atom is 0.336 e. The minimum atomic E-state index is -1.24. The average Bonchev–Trinajstić information content (AvgIpc) is 3.53. The van der Waals surface area contributed by atoms with Gasteiger partial charge in [0.15, 0.2) is 5.54 Å². The highest BCUT2D eigenvalue weighted by atomic mass is 16.5. The lowest BCUT2D eigenvalue weighted by Gasteiger charge is -2.45. The number of aromatic amines is 1. The second kappa shape index (κ2) is 15.3. The number of ether oxygens (including phenoxy) is 2. The number of hydrogen-bond donors (Lipinski definition) is 5. The van der Waals surface area contributed by atoms with Crippen molar-refractivity contribution in [3.8, 4) is 11.5 Å². The number of nitrogens with zero attached hydrogens (tertiary/aromatic N) is 1. The van der Waals surface area contributed by atoms with Crippen molar-refractivity contribution in [1.82, 2.24) is 20.5 Å². The van der Waals surface area contributed by atoms with Gasteiger partial charge in [0, 0.05) is 30.1 Å². The third-order valence-corrected chi connectivity index (χ3v) is 10.7. The van der Waals surface area contributed by atoms with E-state index in [9.17, 15) is 24.6 Å². The molecular formula is C40H46N4O7. The van der Waals surface area contributed by atoms with Crippen LogP contribution in [0, 0.1) is 5.92 Å². The number of aryl methyl sites for hydroxylation is 1. The van der Waals surface area contributed by atoms with E-state index in [1.54, 1.807) is 30.3 Å². The van der Waals surface area contributed by atoms with Crippen molar-refractivity contribution >= 4 is 22.8 Å². The Balaban J connectivity index is 0.889. The van der Waals surface area contributed by atoms with Crippen LogP contribution >= 0.6 is 0 Å². The van der Waals surface area contributed by atoms with Gasteiger partial charge in [0.1, 0.15) is 17.6 Å². The fraction of sp³-hybridized carbons (Fsp3) is 0.425. The third-order valence-electron chi connectivity index (χ3n) is 10.7. The zero-order chi connectivity index (χ0) is 35.4. The van der Waals surface area contributed by atoms with Crippen molar-refractivity contribution in [2.45, 2.75) is 62.7 Å². The Morgan fingerprint density at radius 2 is 1.84 bits per heavy atom. The van der Waals surface area contributed by atoms with Crippen LogP contribution in [0.2, 0.25) is 0 Å². The molecule has 51 heavy (non-hydrogen) atoms. The zero-order valence-corrected chi connectivity index (χ0v) is 28.7. The molecule has 3 saturated heterocycles. The molecule has 268 valence electrons. The number of nitrogens with one attached hydrogen (secondary N) is 3. The summed E-state index contributed by atoms with van der Waals surface area (Å²) in [6.07, 6.45) is 4.84. The summed E-state index contributed by atoms with van der Waals surface area (Å²) >= 11 is 0. The molecule has 1 aliphatic carbocycles. The molecule has 5 N–H and O–H groups in total. The zero-order valence-electron chi connectivity index (χ0n) is 28.7. The van der Waals surface area contributed by atoms with Gasteiger partial charge in [-0.1, -0.05) is 36.4 Å². The van der Waals surface area contributed by atoms with Crippen LogP contribution < -0.4 is 20.9 Å². The fourth-order valence-electron chi connectivity index (χ4n) is 7.90. The molecule has 3 atom stereocenters. The van der Waals surface area contributed by atoms with Gasteiger partial charge in [-0.3, -0.25) is 14.5 Å². The van der Waals surface area contributed by atoms with Crippen LogP contribution in [0.4, 0.5) is 0 Å². The molecule has 11 nitrogen and oxygen atoms in total. The molecular weight excluding hydrogens is 648 g/mol. The molecule has 4 heterocycles. The van der Waals surface area contributed by atoms with Crippen molar-refractivity contribution in [2.24, 2.45) is 5.92 Å². The second-order valence-corrected chi connectivity index (χ2v) is 14.0. The number of esters is 1. The summed E-state index contributed by atoms with van der Waals surface area (Å²) in [6, 6.07) is 21.0. The lowest BCUT2D eigenvalue weighted by atomic mass is 9.85. The number of amides is 1. The summed E-state index contributed by atoms with van der Waals surface area (Å²) < 4.78 is 12.2. The molecule has 0 saturated carbocycles. The van der Waals surface area contributed by atoms with Crippen LogP contribution in [-0.2, 0) is 21.5 Å². The van der Waals surface area contributed by atoms with Crippen LogP contribution in [0.5, 0.6) is 11.5 Å². The maximum absolute atomic E-state index is 14.0. The number of carbonyl (C=O) groups is 2. The van der Waals surface area contributed by atoms with Crippen molar-refractivity contribution in [1.29, 1.82) is 0 Å². The molecule has 4 aliphatic rings. The number of pyridine rings is 1. The molecule has 1 amide bonds. The van der Waals surface area contributed by atoms with E-state index in [1.807, 2.05) is 30.3 Å². The molecule has 2 bridgehead atoms. The Hall–Kier alpha value is -4.71. The molecule has 3 aromatic carbocycles. The summed E-state index contributed by atoms with van der Waals surface area (Å²) in [5, 5.41) is 27.8. The SMILES string of the molecule is O=C(NC1(C(=O)O[C@H]2CN3CCC2CC3)CCc2ccccc21)c1cccc(OCCCCCNC[C@H](O)c2ccc(O)c3[nH]c(=O)ccc23)c1. The van der Waals surface area contributed by atoms with Crippen LogP contribution in [-0.4, -0.2) is 77.4 Å². The fourth-order valence-corrected chi connectivity index (χ4v) is 7.90. The second-order valence-electron chi connectivity index (χ2n) is 14.0. The maximum atomic E-state index is 14.0. The van der Waals surface area contributed by atoms with E-state index in [1.165, 1.54) is 12.1 Å². The molecule has 8 rings (SSSR count). The van der Waals surface area contributed by atoms with Gasteiger partial charge in [-0.05, 0) is 118 Å². The van der Waals surface area contributed by atoms with E-state index in [0.717, 1.165) is 62.9 Å². The Kier molecular flexibility index (Phi) is 10.4. The number of aromatic nitrogens is 1. The highest BCUT2D eigenvalue weighted by molar-refractivity contribution is 5.99. The molecule has 1 unspecified atom stereocenters. The molecule has 1 aromatic heterocycles. The van der Waals surface area contributed by atoms with Crippen LogP contribution in [0.15, 0.2) is 77.6 Å². The number of rotatable bonds is 14. The topological polar surface area (TPSA) is 153 Å². The Bertz CT molecular complexity index is 1940. The Morgan fingerprint density at radius 1 is 1.00 bits per heavy atom. The number of hydrogen-bond acceptors (Lipinski definition) is 9. The number of carbonyl (C=O) groups excluding carboxylic acids is 2. The first-order chi connectivity index (χ1) is 24.8. The number of benzene rings is 3. The van der Waals surface area contributed by atoms with Gasteiger partial charge in [-0.15, -0.1) is 0 Å². The first-order valence-electron chi connectivity index (χ1n) is 18.1. The molecule has 3 aliphatic heterocycles. The summed E-state index contributed by atoms with van der Waals surface area (Å²) in [7, 11) is 0. The van der Waals surface area contributed by atoms with E-state index in [-0.39, 0.29) is 29.3 Å².